The summed E-state index contributed by atoms with van der Waals surface area (Å²) in [5.41, 5.74) is -0.353. The first-order valence-corrected chi connectivity index (χ1v) is 5.93. The molecule has 0 bridgehead atoms. The van der Waals surface area contributed by atoms with Crippen molar-refractivity contribution in [3.63, 3.8) is 0 Å². The van der Waals surface area contributed by atoms with Gasteiger partial charge < -0.3 is 9.47 Å². The van der Waals surface area contributed by atoms with E-state index in [1.165, 1.54) is 0 Å². The van der Waals surface area contributed by atoms with Crippen molar-refractivity contribution in [2.24, 2.45) is 0 Å². The Hall–Kier alpha value is 0.400. The molecule has 2 nitrogen and oxygen atoms in total. The van der Waals surface area contributed by atoms with Crippen LogP contribution in [0.4, 0.5) is 0 Å². The molecule has 1 aliphatic heterocycles. The molecule has 78 valence electrons. The van der Waals surface area contributed by atoms with Crippen LogP contribution in [0.5, 0.6) is 0 Å². The van der Waals surface area contributed by atoms with Crippen LogP contribution in [0.3, 0.4) is 0 Å². The number of hydrogen-bond acceptors (Lipinski definition) is 2. The highest BCUT2D eigenvalue weighted by molar-refractivity contribution is 9.09. The molecule has 3 heteroatoms. The van der Waals surface area contributed by atoms with E-state index in [0.717, 1.165) is 18.2 Å². The molecule has 0 aromatic rings. The molecule has 0 aromatic heterocycles. The fraction of sp³-hybridized carbons (Fsp3) is 1.00. The normalized spacial score (nSPS) is 26.5. The monoisotopic (exact) mass is 250 g/mol. The predicted octanol–water partition coefficient (Wildman–Crippen LogP) is 3.09. The first-order valence-electron chi connectivity index (χ1n) is 4.81. The highest BCUT2D eigenvalue weighted by Crippen LogP contribution is 2.39. The minimum atomic E-state index is -0.177. The molecule has 1 aliphatic rings. The van der Waals surface area contributed by atoms with Gasteiger partial charge in [0, 0.05) is 5.33 Å². The molecule has 0 amide bonds. The largest absolute Gasteiger partial charge is 0.344 e. The van der Waals surface area contributed by atoms with Crippen LogP contribution in [-0.4, -0.2) is 22.8 Å². The van der Waals surface area contributed by atoms with Crippen molar-refractivity contribution in [1.29, 1.82) is 0 Å². The van der Waals surface area contributed by atoms with Crippen LogP contribution in [-0.2, 0) is 9.47 Å². The maximum absolute atomic E-state index is 5.82. The second-order valence-electron chi connectivity index (χ2n) is 4.52. The van der Waals surface area contributed by atoms with Crippen LogP contribution in [0, 0.1) is 0 Å². The number of ether oxygens (including phenoxy) is 2. The summed E-state index contributed by atoms with van der Waals surface area (Å²) in [6.45, 7) is 8.34. The SMILES string of the molecule is CC1(C)OC(CCCBr)OC1(C)C. The summed E-state index contributed by atoms with van der Waals surface area (Å²) < 4.78 is 11.6. The number of rotatable bonds is 3. The molecular formula is C10H19BrO2. The van der Waals surface area contributed by atoms with Gasteiger partial charge in [-0.1, -0.05) is 15.9 Å². The Morgan fingerprint density at radius 3 is 1.92 bits per heavy atom. The van der Waals surface area contributed by atoms with Gasteiger partial charge in [0.25, 0.3) is 0 Å². The van der Waals surface area contributed by atoms with Gasteiger partial charge in [-0.25, -0.2) is 0 Å². The molecule has 0 atom stereocenters. The Kier molecular flexibility index (Phi) is 3.42. The highest BCUT2D eigenvalue weighted by atomic mass is 79.9. The standard InChI is InChI=1S/C10H19BrO2/c1-9(2)10(3,4)13-8(12-9)6-5-7-11/h8H,5-7H2,1-4H3. The van der Waals surface area contributed by atoms with E-state index in [-0.39, 0.29) is 17.5 Å². The lowest BCUT2D eigenvalue weighted by Gasteiger charge is -2.30. The van der Waals surface area contributed by atoms with Gasteiger partial charge in [-0.2, -0.15) is 0 Å². The second kappa shape index (κ2) is 3.87. The molecule has 0 spiro atoms. The summed E-state index contributed by atoms with van der Waals surface area (Å²) >= 11 is 3.40. The van der Waals surface area contributed by atoms with Crippen molar-refractivity contribution >= 4 is 15.9 Å². The Balaban J connectivity index is 2.50. The molecular weight excluding hydrogens is 232 g/mol. The van der Waals surface area contributed by atoms with E-state index < -0.39 is 0 Å². The summed E-state index contributed by atoms with van der Waals surface area (Å²) in [7, 11) is 0. The van der Waals surface area contributed by atoms with Crippen LogP contribution >= 0.6 is 15.9 Å². The van der Waals surface area contributed by atoms with Crippen molar-refractivity contribution in [3.05, 3.63) is 0 Å². The zero-order valence-corrected chi connectivity index (χ0v) is 10.5. The molecule has 0 aromatic carbocycles. The third-order valence-corrected chi connectivity index (χ3v) is 3.44. The van der Waals surface area contributed by atoms with Crippen LogP contribution < -0.4 is 0 Å². The van der Waals surface area contributed by atoms with E-state index in [1.54, 1.807) is 0 Å². The predicted molar refractivity (Wildman–Crippen MR) is 57.1 cm³/mol. The third kappa shape index (κ3) is 2.45. The molecule has 0 aliphatic carbocycles. The van der Waals surface area contributed by atoms with Crippen molar-refractivity contribution < 1.29 is 9.47 Å². The average molecular weight is 251 g/mol. The van der Waals surface area contributed by atoms with E-state index in [9.17, 15) is 0 Å². The van der Waals surface area contributed by atoms with Crippen molar-refractivity contribution in [2.45, 2.75) is 58.0 Å². The van der Waals surface area contributed by atoms with E-state index in [0.29, 0.717) is 0 Å². The fourth-order valence-electron chi connectivity index (χ4n) is 1.33. The summed E-state index contributed by atoms with van der Waals surface area (Å²) in [6, 6.07) is 0. The number of alkyl halides is 1. The van der Waals surface area contributed by atoms with Crippen LogP contribution in [0.15, 0.2) is 0 Å². The second-order valence-corrected chi connectivity index (χ2v) is 5.31. The van der Waals surface area contributed by atoms with Crippen LogP contribution in [0.2, 0.25) is 0 Å². The lowest BCUT2D eigenvalue weighted by Crippen LogP contribution is -2.41. The van der Waals surface area contributed by atoms with Gasteiger partial charge in [0.05, 0.1) is 11.2 Å². The summed E-state index contributed by atoms with van der Waals surface area (Å²) in [5.74, 6) is 0. The smallest absolute Gasteiger partial charge is 0.159 e. The van der Waals surface area contributed by atoms with Crippen LogP contribution in [0.1, 0.15) is 40.5 Å². The molecule has 0 radical (unpaired) electrons. The Bertz CT molecular complexity index is 162. The van der Waals surface area contributed by atoms with Crippen molar-refractivity contribution in [3.8, 4) is 0 Å². The topological polar surface area (TPSA) is 18.5 Å². The highest BCUT2D eigenvalue weighted by Gasteiger charge is 2.48. The lowest BCUT2D eigenvalue weighted by atomic mass is 9.90. The molecule has 1 saturated heterocycles. The molecule has 1 fully saturated rings. The van der Waals surface area contributed by atoms with Gasteiger partial charge in [-0.15, -0.1) is 0 Å². The third-order valence-electron chi connectivity index (χ3n) is 2.88. The van der Waals surface area contributed by atoms with Gasteiger partial charge in [0.15, 0.2) is 6.29 Å². The average Bonchev–Trinajstić information content (AvgIpc) is 2.17. The number of hydrogen-bond donors (Lipinski definition) is 0. The molecule has 0 N–H and O–H groups in total. The first kappa shape index (κ1) is 11.5. The Morgan fingerprint density at radius 1 is 1.08 bits per heavy atom. The van der Waals surface area contributed by atoms with Crippen molar-refractivity contribution in [2.75, 3.05) is 5.33 Å². The van der Waals surface area contributed by atoms with Gasteiger partial charge >= 0.3 is 0 Å². The van der Waals surface area contributed by atoms with E-state index in [4.69, 9.17) is 9.47 Å². The van der Waals surface area contributed by atoms with Gasteiger partial charge in [-0.05, 0) is 40.5 Å². The maximum Gasteiger partial charge on any atom is 0.159 e. The molecule has 0 unspecified atom stereocenters. The lowest BCUT2D eigenvalue weighted by molar-refractivity contribution is -0.0902. The summed E-state index contributed by atoms with van der Waals surface area (Å²) in [5, 5.41) is 1.01. The van der Waals surface area contributed by atoms with Crippen molar-refractivity contribution in [1.82, 2.24) is 0 Å². The minimum absolute atomic E-state index is 0.0254. The maximum atomic E-state index is 5.82. The zero-order chi connectivity index (χ0) is 10.1. The summed E-state index contributed by atoms with van der Waals surface area (Å²) in [4.78, 5) is 0. The fourth-order valence-corrected chi connectivity index (χ4v) is 1.65. The molecule has 0 saturated carbocycles. The van der Waals surface area contributed by atoms with Gasteiger partial charge in [0.1, 0.15) is 0 Å². The van der Waals surface area contributed by atoms with Crippen LogP contribution in [0.25, 0.3) is 0 Å². The Morgan fingerprint density at radius 2 is 1.54 bits per heavy atom. The molecule has 13 heavy (non-hydrogen) atoms. The first-order chi connectivity index (χ1) is 5.89. The van der Waals surface area contributed by atoms with E-state index in [1.807, 2.05) is 0 Å². The van der Waals surface area contributed by atoms with E-state index in [2.05, 4.69) is 43.6 Å². The Labute approximate surface area is 89.1 Å². The quantitative estimate of drug-likeness (QED) is 0.717. The zero-order valence-electron chi connectivity index (χ0n) is 8.89. The van der Waals surface area contributed by atoms with Gasteiger partial charge in [0.2, 0.25) is 0 Å². The molecule has 1 heterocycles. The molecule has 1 rings (SSSR count). The van der Waals surface area contributed by atoms with E-state index >= 15 is 0 Å². The van der Waals surface area contributed by atoms with Gasteiger partial charge in [-0.3, -0.25) is 0 Å². The number of halogens is 1. The minimum Gasteiger partial charge on any atom is -0.344 e. The summed E-state index contributed by atoms with van der Waals surface area (Å²) in [6.07, 6.45) is 2.04.